The number of rotatable bonds is 12. The number of hydrogen-bond acceptors (Lipinski definition) is 14. The van der Waals surface area contributed by atoms with Gasteiger partial charge >= 0.3 is 11.6 Å². The Morgan fingerprint density at radius 1 is 0.860 bits per heavy atom. The summed E-state index contributed by atoms with van der Waals surface area (Å²) in [7, 11) is 0. The predicted molar refractivity (Wildman–Crippen MR) is 214 cm³/mol. The maximum atomic E-state index is 12.9. The molecule has 0 atom stereocenters. The summed E-state index contributed by atoms with van der Waals surface area (Å²) in [6.07, 6.45) is 4.79. The van der Waals surface area contributed by atoms with Crippen LogP contribution in [0.3, 0.4) is 0 Å². The summed E-state index contributed by atoms with van der Waals surface area (Å²) in [4.78, 5) is 40.6. The van der Waals surface area contributed by atoms with Crippen LogP contribution in [-0.2, 0) is 4.74 Å². The van der Waals surface area contributed by atoms with Crippen molar-refractivity contribution in [3.8, 4) is 6.19 Å². The van der Waals surface area contributed by atoms with Gasteiger partial charge in [0.15, 0.2) is 4.54 Å². The van der Waals surface area contributed by atoms with E-state index in [1.165, 1.54) is 12.8 Å². The van der Waals surface area contributed by atoms with Crippen LogP contribution in [0, 0.1) is 26.8 Å². The van der Waals surface area contributed by atoms with Crippen LogP contribution in [0.25, 0.3) is 33.1 Å². The molecule has 0 aliphatic heterocycles. The molecule has 3 aromatic carbocycles. The highest BCUT2D eigenvalue weighted by Gasteiger charge is 2.23. The van der Waals surface area contributed by atoms with Crippen LogP contribution >= 0.6 is 11.6 Å². The van der Waals surface area contributed by atoms with Crippen molar-refractivity contribution in [1.82, 2.24) is 34.7 Å². The molecule has 6 rings (SSSR count). The largest absolute Gasteiger partial charge is 0.594 e. The van der Waals surface area contributed by atoms with E-state index in [2.05, 4.69) is 42.7 Å². The second-order valence-corrected chi connectivity index (χ2v) is 13.7. The van der Waals surface area contributed by atoms with E-state index in [1.54, 1.807) is 98.5 Å². The first kappa shape index (κ1) is 43.2. The molecule has 0 saturated carbocycles. The molecule has 3 aromatic heterocycles. The SMILES string of the molecule is CC(C)(C)OC(=O)N(CCCNc1nc2ccccc2[n+]([O-])n1)CCCNc1nc2ccccc2[n+](=O)n1C#N.CCCCN.[O-][n+]1nc(Cl)nc2ccccc21. The van der Waals surface area contributed by atoms with Crippen molar-refractivity contribution in [2.24, 2.45) is 5.73 Å². The van der Waals surface area contributed by atoms with Crippen LogP contribution in [0.4, 0.5) is 16.7 Å². The number of ether oxygens (including phenoxy) is 1. The number of fused-ring (bicyclic) bond motifs is 3. The maximum absolute atomic E-state index is 12.9. The first-order valence-electron chi connectivity index (χ1n) is 18.2. The van der Waals surface area contributed by atoms with Crippen molar-refractivity contribution < 1.29 is 23.8 Å². The molecular formula is C37H46ClN14O5+. The molecule has 0 spiro atoms. The number of benzene rings is 3. The average molecular weight is 802 g/mol. The first-order valence-corrected chi connectivity index (χ1v) is 18.6. The van der Waals surface area contributed by atoms with Gasteiger partial charge in [0.1, 0.15) is 22.2 Å². The van der Waals surface area contributed by atoms with Gasteiger partial charge in [0.25, 0.3) is 34.4 Å². The minimum atomic E-state index is -0.665. The van der Waals surface area contributed by atoms with Gasteiger partial charge in [0.05, 0.1) is 10.0 Å². The zero-order valence-electron chi connectivity index (χ0n) is 32.2. The zero-order valence-corrected chi connectivity index (χ0v) is 33.0. The van der Waals surface area contributed by atoms with Gasteiger partial charge in [-0.05, 0) is 86.1 Å². The Morgan fingerprint density at radius 2 is 1.39 bits per heavy atom. The third-order valence-electron chi connectivity index (χ3n) is 7.75. The van der Waals surface area contributed by atoms with Crippen molar-refractivity contribution >= 4 is 62.7 Å². The Hall–Kier alpha value is -6.52. The van der Waals surface area contributed by atoms with Crippen molar-refractivity contribution in [2.45, 2.75) is 59.0 Å². The number of nitriles is 1. The molecule has 6 aromatic rings. The number of para-hydroxylation sites is 6. The number of carbonyl (C=O) groups is 1. The molecule has 0 fully saturated rings. The molecule has 3 heterocycles. The zero-order chi connectivity index (χ0) is 41.4. The van der Waals surface area contributed by atoms with Crippen LogP contribution in [-0.4, -0.2) is 79.1 Å². The molecule has 300 valence electrons. The topological polar surface area (TPSA) is 250 Å². The van der Waals surface area contributed by atoms with E-state index in [0.29, 0.717) is 80.8 Å². The molecule has 4 N–H and O–H groups in total. The lowest BCUT2D eigenvalue weighted by Gasteiger charge is -2.27. The molecule has 0 aliphatic carbocycles. The molecule has 0 saturated heterocycles. The monoisotopic (exact) mass is 801 g/mol. The van der Waals surface area contributed by atoms with Gasteiger partial charge in [0.2, 0.25) is 0 Å². The van der Waals surface area contributed by atoms with Crippen LogP contribution in [0.1, 0.15) is 53.4 Å². The van der Waals surface area contributed by atoms with E-state index in [0.717, 1.165) is 11.2 Å². The highest BCUT2D eigenvalue weighted by Crippen LogP contribution is 2.13. The van der Waals surface area contributed by atoms with E-state index in [4.69, 9.17) is 22.1 Å². The second kappa shape index (κ2) is 21.0. The van der Waals surface area contributed by atoms with Crippen molar-refractivity contribution in [3.05, 3.63) is 93.4 Å². The van der Waals surface area contributed by atoms with E-state index in [1.807, 2.05) is 6.19 Å². The Labute approximate surface area is 333 Å². The summed E-state index contributed by atoms with van der Waals surface area (Å²) in [5, 5.41) is 46.0. The minimum Gasteiger partial charge on any atom is -0.594 e. The van der Waals surface area contributed by atoms with Crippen molar-refractivity contribution in [2.75, 3.05) is 43.4 Å². The van der Waals surface area contributed by atoms with Crippen molar-refractivity contribution in [1.29, 1.82) is 5.26 Å². The molecule has 19 nitrogen and oxygen atoms in total. The third kappa shape index (κ3) is 12.8. The van der Waals surface area contributed by atoms with Gasteiger partial charge in [0, 0.05) is 54.2 Å². The molecule has 0 unspecified atom stereocenters. The summed E-state index contributed by atoms with van der Waals surface area (Å²) in [5.41, 5.74) is 7.07. The molecule has 1 amide bonds. The van der Waals surface area contributed by atoms with Gasteiger partial charge in [-0.15, -0.1) is 0 Å². The summed E-state index contributed by atoms with van der Waals surface area (Å²) in [6, 6.07) is 20.5. The van der Waals surface area contributed by atoms with Gasteiger partial charge in [-0.1, -0.05) is 49.7 Å². The summed E-state index contributed by atoms with van der Waals surface area (Å²) < 4.78 is 6.89. The summed E-state index contributed by atoms with van der Waals surface area (Å²) >= 11 is 5.48. The predicted octanol–water partition coefficient (Wildman–Crippen LogP) is 4.06. The Morgan fingerprint density at radius 3 is 1.93 bits per heavy atom. The number of hydrogen-bond donors (Lipinski definition) is 3. The van der Waals surface area contributed by atoms with E-state index < -0.39 is 11.7 Å². The molecule has 0 bridgehead atoms. The fraction of sp³-hybridized carbons (Fsp3) is 0.378. The van der Waals surface area contributed by atoms with Crippen LogP contribution < -0.4 is 30.6 Å². The van der Waals surface area contributed by atoms with E-state index in [9.17, 15) is 25.4 Å². The van der Waals surface area contributed by atoms with Gasteiger partial charge in [-0.3, -0.25) is 0 Å². The second-order valence-electron chi connectivity index (χ2n) is 13.3. The summed E-state index contributed by atoms with van der Waals surface area (Å²) in [6.45, 7) is 9.86. The Kier molecular flexibility index (Phi) is 15.9. The van der Waals surface area contributed by atoms with Crippen LogP contribution in [0.5, 0.6) is 0 Å². The lowest BCUT2D eigenvalue weighted by atomic mass is 10.2. The van der Waals surface area contributed by atoms with E-state index >= 15 is 0 Å². The van der Waals surface area contributed by atoms with E-state index in [-0.39, 0.29) is 22.7 Å². The number of halogens is 1. The Bertz CT molecular complexity index is 2370. The number of nitrogens with two attached hydrogens (primary N) is 1. The molecule has 57 heavy (non-hydrogen) atoms. The van der Waals surface area contributed by atoms with Gasteiger partial charge in [-0.2, -0.15) is 5.26 Å². The fourth-order valence-electron chi connectivity index (χ4n) is 5.09. The fourth-order valence-corrected chi connectivity index (χ4v) is 5.25. The number of anilines is 2. The number of unbranched alkanes of at least 4 members (excludes halogenated alkanes) is 1. The number of nitrogens with zero attached hydrogens (tertiary/aromatic N) is 11. The lowest BCUT2D eigenvalue weighted by Crippen LogP contribution is -2.39. The number of nitrogens with one attached hydrogen (secondary N) is 2. The normalized spacial score (nSPS) is 10.8. The minimum absolute atomic E-state index is 0.0382. The average Bonchev–Trinajstić information content (AvgIpc) is 3.17. The van der Waals surface area contributed by atoms with Crippen LogP contribution in [0.2, 0.25) is 5.28 Å². The Balaban J connectivity index is 0.000000347. The van der Waals surface area contributed by atoms with Gasteiger partial charge in [-0.25, -0.2) is 19.7 Å². The number of carbonyl (C=O) groups excluding carboxylic acids is 1. The quantitative estimate of drug-likeness (QED) is 0.0897. The molecule has 0 radical (unpaired) electrons. The number of aromatic nitrogens is 9. The maximum Gasteiger partial charge on any atom is 0.410 e. The standard InChI is InChI=1S/C26H31N10O4.C7H4ClN3O.C4H11N/c1-26(2,3)40-25(37)33(16-8-14-28-23-30-19-10-4-6-12-21(19)35(38)32-23)17-9-15-29-24-31-20-11-5-7-13-22(20)36(39)34(24)18-27;8-7-9-5-3-1-2-4-6(5)11(12)10-7;1-2-3-4-5/h4-7,10-13H,8-9,14-17H2,1-3H3,(H,29,31)(H,28,30,32);1-4H;2-5H2,1H3/q+1;;. The third-order valence-corrected chi connectivity index (χ3v) is 7.91. The lowest BCUT2D eigenvalue weighted by molar-refractivity contribution is -0.643. The highest BCUT2D eigenvalue weighted by atomic mass is 35.5. The first-order chi connectivity index (χ1) is 27.3. The summed E-state index contributed by atoms with van der Waals surface area (Å²) in [5.74, 6) is 0.307. The van der Waals surface area contributed by atoms with Gasteiger partial charge < -0.3 is 36.4 Å². The smallest absolute Gasteiger partial charge is 0.410 e. The molecular weight excluding hydrogens is 756 g/mol. The molecule has 20 heteroatoms. The molecule has 0 aliphatic rings. The number of amides is 1. The van der Waals surface area contributed by atoms with Crippen molar-refractivity contribution in [3.63, 3.8) is 0 Å². The van der Waals surface area contributed by atoms with Crippen LogP contribution in [0.15, 0.2) is 72.8 Å². The highest BCUT2D eigenvalue weighted by molar-refractivity contribution is 6.28.